The molecule has 5 rings (SSSR count). The van der Waals surface area contributed by atoms with Gasteiger partial charge in [0.15, 0.2) is 0 Å². The zero-order valence-electron chi connectivity index (χ0n) is 17.3. The summed E-state index contributed by atoms with van der Waals surface area (Å²) in [6, 6.07) is 6.56. The van der Waals surface area contributed by atoms with Crippen molar-refractivity contribution in [2.75, 3.05) is 61.1 Å². The van der Waals surface area contributed by atoms with Crippen LogP contribution < -0.4 is 15.1 Å². The largest absolute Gasteiger partial charge is 0.378 e. The first-order chi connectivity index (χ1) is 14.8. The second kappa shape index (κ2) is 8.69. The number of rotatable bonds is 5. The number of anilines is 3. The van der Waals surface area contributed by atoms with Crippen LogP contribution in [-0.4, -0.2) is 66.1 Å². The minimum atomic E-state index is 0.556. The fourth-order valence-electron chi connectivity index (χ4n) is 4.33. The van der Waals surface area contributed by atoms with Crippen LogP contribution in [0, 0.1) is 12.8 Å². The number of benzene rings is 1. The van der Waals surface area contributed by atoms with Crippen LogP contribution in [0.2, 0.25) is 0 Å². The topological polar surface area (TPSA) is 79.3 Å². The van der Waals surface area contributed by atoms with Gasteiger partial charge in [-0.15, -0.1) is 10.2 Å². The molecule has 0 spiro atoms. The summed E-state index contributed by atoms with van der Waals surface area (Å²) in [5, 5.41) is 14.8. The average molecular weight is 426 g/mol. The number of hydrogen-bond acceptors (Lipinski definition) is 9. The summed E-state index contributed by atoms with van der Waals surface area (Å²) in [4.78, 5) is 14.0. The van der Waals surface area contributed by atoms with Gasteiger partial charge in [-0.25, -0.2) is 9.97 Å². The monoisotopic (exact) mass is 425 g/mol. The molecule has 9 heteroatoms. The number of fused-ring (bicyclic) bond motifs is 1. The van der Waals surface area contributed by atoms with Gasteiger partial charge in [0, 0.05) is 43.8 Å². The molecule has 1 unspecified atom stereocenters. The number of nitrogens with one attached hydrogen (secondary N) is 1. The average Bonchev–Trinajstić information content (AvgIpc) is 3.23. The molecule has 1 N–H and O–H groups in total. The minimum absolute atomic E-state index is 0.556. The predicted octanol–water partition coefficient (Wildman–Crippen LogP) is 2.95. The second-order valence-electron chi connectivity index (χ2n) is 7.96. The Hall–Kier alpha value is -2.52. The summed E-state index contributed by atoms with van der Waals surface area (Å²) in [6.07, 6.45) is 4.08. The molecule has 0 amide bonds. The number of hydrogen-bond donors (Lipinski definition) is 1. The van der Waals surface area contributed by atoms with Crippen molar-refractivity contribution in [1.82, 2.24) is 20.2 Å². The van der Waals surface area contributed by atoms with E-state index in [1.54, 1.807) is 17.7 Å². The van der Waals surface area contributed by atoms with Crippen LogP contribution in [0.5, 0.6) is 0 Å². The Balaban J connectivity index is 1.31. The molecule has 1 aromatic carbocycles. The van der Waals surface area contributed by atoms with E-state index in [4.69, 9.17) is 4.74 Å². The third-order valence-corrected chi connectivity index (χ3v) is 6.66. The fourth-order valence-corrected chi connectivity index (χ4v) is 4.92. The quantitative estimate of drug-likeness (QED) is 0.668. The summed E-state index contributed by atoms with van der Waals surface area (Å²) in [7, 11) is 0. The van der Waals surface area contributed by atoms with E-state index in [0.717, 1.165) is 72.8 Å². The molecule has 4 heterocycles. The van der Waals surface area contributed by atoms with E-state index in [1.165, 1.54) is 18.5 Å². The van der Waals surface area contributed by atoms with Gasteiger partial charge in [0.05, 0.1) is 18.7 Å². The fraction of sp³-hybridized carbons (Fsp3) is 0.524. The minimum Gasteiger partial charge on any atom is -0.378 e. The third kappa shape index (κ3) is 4.17. The number of ether oxygens (including phenoxy) is 1. The number of aromatic nitrogens is 4. The van der Waals surface area contributed by atoms with Crippen molar-refractivity contribution in [2.24, 2.45) is 5.92 Å². The van der Waals surface area contributed by atoms with Gasteiger partial charge in [0.1, 0.15) is 17.2 Å². The molecule has 8 nitrogen and oxygen atoms in total. The molecule has 30 heavy (non-hydrogen) atoms. The highest BCUT2D eigenvalue weighted by molar-refractivity contribution is 7.15. The molecule has 0 radical (unpaired) electrons. The van der Waals surface area contributed by atoms with Gasteiger partial charge in [-0.2, -0.15) is 0 Å². The van der Waals surface area contributed by atoms with E-state index in [0.29, 0.717) is 5.92 Å². The highest BCUT2D eigenvalue weighted by atomic mass is 32.1. The zero-order valence-corrected chi connectivity index (χ0v) is 18.1. The SMILES string of the molecule is Cc1nnc(NCC2CCCN(c3ncnc4cc(N5CCOCC5)ccc34)C2)s1. The van der Waals surface area contributed by atoms with E-state index in [9.17, 15) is 0 Å². The van der Waals surface area contributed by atoms with Crippen LogP contribution in [0.15, 0.2) is 24.5 Å². The summed E-state index contributed by atoms with van der Waals surface area (Å²) in [5.41, 5.74) is 2.22. The molecule has 2 aliphatic heterocycles. The van der Waals surface area contributed by atoms with Crippen molar-refractivity contribution < 1.29 is 4.74 Å². The Morgan fingerprint density at radius 2 is 2.03 bits per heavy atom. The maximum atomic E-state index is 5.48. The summed E-state index contributed by atoms with van der Waals surface area (Å²) in [5.74, 6) is 1.60. The molecular formula is C21H27N7OS. The molecule has 1 atom stereocenters. The zero-order chi connectivity index (χ0) is 20.3. The van der Waals surface area contributed by atoms with Crippen molar-refractivity contribution in [2.45, 2.75) is 19.8 Å². The lowest BCUT2D eigenvalue weighted by atomic mass is 9.97. The van der Waals surface area contributed by atoms with Gasteiger partial charge < -0.3 is 19.9 Å². The van der Waals surface area contributed by atoms with E-state index < -0.39 is 0 Å². The maximum Gasteiger partial charge on any atom is 0.205 e. The van der Waals surface area contributed by atoms with Crippen molar-refractivity contribution in [1.29, 1.82) is 0 Å². The van der Waals surface area contributed by atoms with Gasteiger partial charge >= 0.3 is 0 Å². The number of nitrogens with zero attached hydrogens (tertiary/aromatic N) is 6. The van der Waals surface area contributed by atoms with Gasteiger partial charge in [0.25, 0.3) is 0 Å². The lowest BCUT2D eigenvalue weighted by molar-refractivity contribution is 0.122. The molecule has 0 saturated carbocycles. The first-order valence-electron chi connectivity index (χ1n) is 10.6. The molecule has 2 saturated heterocycles. The molecule has 2 fully saturated rings. The van der Waals surface area contributed by atoms with Crippen LogP contribution >= 0.6 is 11.3 Å². The molecule has 0 bridgehead atoms. The van der Waals surface area contributed by atoms with Crippen LogP contribution in [0.4, 0.5) is 16.6 Å². The molecular weight excluding hydrogens is 398 g/mol. The van der Waals surface area contributed by atoms with Gasteiger partial charge in [-0.05, 0) is 43.9 Å². The summed E-state index contributed by atoms with van der Waals surface area (Å²) < 4.78 is 5.48. The van der Waals surface area contributed by atoms with Crippen LogP contribution in [0.25, 0.3) is 10.9 Å². The van der Waals surface area contributed by atoms with E-state index >= 15 is 0 Å². The van der Waals surface area contributed by atoms with E-state index in [1.807, 2.05) is 6.92 Å². The van der Waals surface area contributed by atoms with Crippen molar-refractivity contribution in [3.63, 3.8) is 0 Å². The number of morpholine rings is 1. The number of piperidine rings is 1. The molecule has 3 aromatic rings. The van der Waals surface area contributed by atoms with Gasteiger partial charge in [-0.3, -0.25) is 0 Å². The lowest BCUT2D eigenvalue weighted by Crippen LogP contribution is -2.38. The molecule has 2 aromatic heterocycles. The van der Waals surface area contributed by atoms with Gasteiger partial charge in [-0.1, -0.05) is 11.3 Å². The van der Waals surface area contributed by atoms with Crippen molar-refractivity contribution in [3.05, 3.63) is 29.5 Å². The van der Waals surface area contributed by atoms with Crippen LogP contribution in [0.1, 0.15) is 17.8 Å². The van der Waals surface area contributed by atoms with Crippen LogP contribution in [-0.2, 0) is 4.74 Å². The van der Waals surface area contributed by atoms with Gasteiger partial charge in [0.2, 0.25) is 5.13 Å². The van der Waals surface area contributed by atoms with Crippen molar-refractivity contribution >= 4 is 38.9 Å². The molecule has 2 aliphatic rings. The Labute approximate surface area is 180 Å². The van der Waals surface area contributed by atoms with Crippen molar-refractivity contribution in [3.8, 4) is 0 Å². The smallest absolute Gasteiger partial charge is 0.205 e. The highest BCUT2D eigenvalue weighted by Crippen LogP contribution is 2.30. The lowest BCUT2D eigenvalue weighted by Gasteiger charge is -2.34. The highest BCUT2D eigenvalue weighted by Gasteiger charge is 2.23. The summed E-state index contributed by atoms with van der Waals surface area (Å²) >= 11 is 1.61. The number of aryl methyl sites for hydroxylation is 1. The molecule has 158 valence electrons. The normalized spacial score (nSPS) is 20.0. The third-order valence-electron chi connectivity index (χ3n) is 5.86. The maximum absolute atomic E-state index is 5.48. The Morgan fingerprint density at radius 1 is 1.13 bits per heavy atom. The Kier molecular flexibility index (Phi) is 5.63. The second-order valence-corrected chi connectivity index (χ2v) is 9.14. The first-order valence-corrected chi connectivity index (χ1v) is 11.4. The predicted molar refractivity (Wildman–Crippen MR) is 121 cm³/mol. The van der Waals surface area contributed by atoms with E-state index in [2.05, 4.69) is 53.5 Å². The Morgan fingerprint density at radius 3 is 2.87 bits per heavy atom. The first kappa shape index (κ1) is 19.4. The Bertz CT molecular complexity index is 1000. The summed E-state index contributed by atoms with van der Waals surface area (Å²) in [6.45, 7) is 8.34. The van der Waals surface area contributed by atoms with Crippen LogP contribution in [0.3, 0.4) is 0 Å². The molecule has 0 aliphatic carbocycles. The van der Waals surface area contributed by atoms with E-state index in [-0.39, 0.29) is 0 Å². The standard InChI is InChI=1S/C21H27N7OS/c1-15-25-26-21(30-15)22-12-16-3-2-6-28(13-16)20-18-5-4-17(11-19(18)23-14-24-20)27-7-9-29-10-8-27/h4-5,11,14,16H,2-3,6-10,12-13H2,1H3,(H,22,26).